The molecule has 1 unspecified atom stereocenters. The number of rotatable bonds is 7. The van der Waals surface area contributed by atoms with Crippen LogP contribution in [0.2, 0.25) is 0 Å². The van der Waals surface area contributed by atoms with Crippen LogP contribution in [0.25, 0.3) is 0 Å². The molecule has 1 aliphatic rings. The van der Waals surface area contributed by atoms with Crippen LogP contribution in [0.5, 0.6) is 0 Å². The third-order valence-corrected chi connectivity index (χ3v) is 3.81. The van der Waals surface area contributed by atoms with Crippen molar-refractivity contribution in [1.82, 2.24) is 5.32 Å². The molecule has 0 bridgehead atoms. The monoisotopic (exact) mass is 223 g/mol. The molecular weight excluding hydrogens is 202 g/mol. The zero-order valence-corrected chi connectivity index (χ0v) is 10.4. The number of aryl methyl sites for hydroxylation is 1. The van der Waals surface area contributed by atoms with E-state index in [4.69, 9.17) is 0 Å². The molecule has 84 valence electrons. The smallest absolute Gasteiger partial charge is 0.00683 e. The van der Waals surface area contributed by atoms with Gasteiger partial charge < -0.3 is 5.32 Å². The molecule has 1 aromatic heterocycles. The minimum Gasteiger partial charge on any atom is -0.314 e. The van der Waals surface area contributed by atoms with Gasteiger partial charge in [-0.25, -0.2) is 0 Å². The van der Waals surface area contributed by atoms with Crippen molar-refractivity contribution in [3.8, 4) is 0 Å². The van der Waals surface area contributed by atoms with Crippen LogP contribution in [0, 0.1) is 5.92 Å². The van der Waals surface area contributed by atoms with E-state index in [0.717, 1.165) is 12.0 Å². The highest BCUT2D eigenvalue weighted by molar-refractivity contribution is 7.07. The van der Waals surface area contributed by atoms with Gasteiger partial charge in [-0.05, 0) is 67.0 Å². The fourth-order valence-electron chi connectivity index (χ4n) is 1.85. The number of hydrogen-bond donors (Lipinski definition) is 1. The summed E-state index contributed by atoms with van der Waals surface area (Å²) in [5.41, 5.74) is 1.52. The molecule has 1 saturated carbocycles. The van der Waals surface area contributed by atoms with Crippen molar-refractivity contribution in [3.05, 3.63) is 22.4 Å². The van der Waals surface area contributed by atoms with Crippen molar-refractivity contribution in [2.24, 2.45) is 5.92 Å². The van der Waals surface area contributed by atoms with Crippen molar-refractivity contribution < 1.29 is 0 Å². The summed E-state index contributed by atoms with van der Waals surface area (Å²) in [6.45, 7) is 3.58. The van der Waals surface area contributed by atoms with E-state index in [0.29, 0.717) is 0 Å². The maximum Gasteiger partial charge on any atom is 0.00683 e. The summed E-state index contributed by atoms with van der Waals surface area (Å²) in [6, 6.07) is 3.11. The Morgan fingerprint density at radius 3 is 3.07 bits per heavy atom. The highest BCUT2D eigenvalue weighted by atomic mass is 32.1. The normalized spacial score (nSPS) is 17.9. The largest absolute Gasteiger partial charge is 0.314 e. The standard InChI is InChI=1S/C13H21NS/c1-11(9-14-13-5-6-13)3-2-4-12-7-8-15-10-12/h7-8,10-11,13-14H,2-6,9H2,1H3. The number of nitrogens with one attached hydrogen (secondary N) is 1. The lowest BCUT2D eigenvalue weighted by molar-refractivity contribution is 0.465. The predicted molar refractivity (Wildman–Crippen MR) is 67.4 cm³/mol. The summed E-state index contributed by atoms with van der Waals surface area (Å²) < 4.78 is 0. The Bertz CT molecular complexity index is 264. The Balaban J connectivity index is 1.52. The Hall–Kier alpha value is -0.340. The van der Waals surface area contributed by atoms with Crippen molar-refractivity contribution in [1.29, 1.82) is 0 Å². The summed E-state index contributed by atoms with van der Waals surface area (Å²) in [7, 11) is 0. The van der Waals surface area contributed by atoms with E-state index in [1.54, 1.807) is 0 Å². The Labute approximate surface area is 96.9 Å². The van der Waals surface area contributed by atoms with Gasteiger partial charge in [-0.3, -0.25) is 0 Å². The molecule has 1 heterocycles. The second-order valence-corrected chi connectivity index (χ2v) is 5.59. The van der Waals surface area contributed by atoms with Crippen molar-refractivity contribution in [2.75, 3.05) is 6.54 Å². The maximum absolute atomic E-state index is 3.60. The first-order valence-corrected chi connectivity index (χ1v) is 7.03. The second-order valence-electron chi connectivity index (χ2n) is 4.81. The van der Waals surface area contributed by atoms with Gasteiger partial charge in [0.2, 0.25) is 0 Å². The average Bonchev–Trinajstić information content (AvgIpc) is 2.92. The highest BCUT2D eigenvalue weighted by Crippen LogP contribution is 2.19. The van der Waals surface area contributed by atoms with Crippen LogP contribution in [0.1, 0.15) is 38.2 Å². The van der Waals surface area contributed by atoms with Crippen LogP contribution < -0.4 is 5.32 Å². The molecule has 1 atom stereocenters. The molecule has 2 rings (SSSR count). The molecule has 1 fully saturated rings. The van der Waals surface area contributed by atoms with Crippen LogP contribution in [0.4, 0.5) is 0 Å². The van der Waals surface area contributed by atoms with Crippen LogP contribution in [-0.4, -0.2) is 12.6 Å². The quantitative estimate of drug-likeness (QED) is 0.746. The van der Waals surface area contributed by atoms with Crippen LogP contribution in [0.3, 0.4) is 0 Å². The first-order valence-electron chi connectivity index (χ1n) is 6.09. The summed E-state index contributed by atoms with van der Waals surface area (Å²) in [5.74, 6) is 0.837. The molecule has 1 nitrogen and oxygen atoms in total. The first-order chi connectivity index (χ1) is 7.34. The minimum absolute atomic E-state index is 0.837. The van der Waals surface area contributed by atoms with Gasteiger partial charge in [-0.15, -0.1) is 0 Å². The molecule has 0 aromatic carbocycles. The fourth-order valence-corrected chi connectivity index (χ4v) is 2.55. The molecule has 0 aliphatic heterocycles. The fraction of sp³-hybridized carbons (Fsp3) is 0.692. The zero-order chi connectivity index (χ0) is 10.5. The van der Waals surface area contributed by atoms with Gasteiger partial charge in [0.05, 0.1) is 0 Å². The lowest BCUT2D eigenvalue weighted by Crippen LogP contribution is -2.23. The molecule has 1 N–H and O–H groups in total. The van der Waals surface area contributed by atoms with E-state index in [1.165, 1.54) is 44.2 Å². The topological polar surface area (TPSA) is 12.0 Å². The third-order valence-electron chi connectivity index (χ3n) is 3.07. The third kappa shape index (κ3) is 4.35. The molecule has 0 saturated heterocycles. The Kier molecular flexibility index (Phi) is 4.21. The zero-order valence-electron chi connectivity index (χ0n) is 9.54. The van der Waals surface area contributed by atoms with Crippen molar-refractivity contribution in [3.63, 3.8) is 0 Å². The molecule has 0 amide bonds. The summed E-state index contributed by atoms with van der Waals surface area (Å²) in [5, 5.41) is 8.05. The minimum atomic E-state index is 0.837. The Morgan fingerprint density at radius 2 is 2.40 bits per heavy atom. The molecule has 1 aliphatic carbocycles. The van der Waals surface area contributed by atoms with E-state index in [2.05, 4.69) is 29.1 Å². The predicted octanol–water partition coefficient (Wildman–Crippen LogP) is 3.46. The van der Waals surface area contributed by atoms with Gasteiger partial charge >= 0.3 is 0 Å². The molecule has 15 heavy (non-hydrogen) atoms. The van der Waals surface area contributed by atoms with E-state index in [9.17, 15) is 0 Å². The summed E-state index contributed by atoms with van der Waals surface area (Å²) in [6.07, 6.45) is 6.76. The molecule has 0 radical (unpaired) electrons. The second kappa shape index (κ2) is 5.66. The van der Waals surface area contributed by atoms with Crippen LogP contribution >= 0.6 is 11.3 Å². The first kappa shape index (κ1) is 11.2. The van der Waals surface area contributed by atoms with Gasteiger partial charge in [0.1, 0.15) is 0 Å². The average molecular weight is 223 g/mol. The van der Waals surface area contributed by atoms with E-state index >= 15 is 0 Å². The Morgan fingerprint density at radius 1 is 1.53 bits per heavy atom. The van der Waals surface area contributed by atoms with Gasteiger partial charge in [0.15, 0.2) is 0 Å². The lowest BCUT2D eigenvalue weighted by atomic mass is 10.0. The van der Waals surface area contributed by atoms with Crippen molar-refractivity contribution in [2.45, 2.75) is 45.1 Å². The number of hydrogen-bond acceptors (Lipinski definition) is 2. The molecule has 0 spiro atoms. The highest BCUT2D eigenvalue weighted by Gasteiger charge is 2.20. The van der Waals surface area contributed by atoms with Gasteiger partial charge in [-0.2, -0.15) is 11.3 Å². The molecule has 2 heteroatoms. The summed E-state index contributed by atoms with van der Waals surface area (Å²) >= 11 is 1.81. The van der Waals surface area contributed by atoms with E-state index < -0.39 is 0 Å². The van der Waals surface area contributed by atoms with Gasteiger partial charge in [-0.1, -0.05) is 6.92 Å². The van der Waals surface area contributed by atoms with Gasteiger partial charge in [0.25, 0.3) is 0 Å². The molecule has 1 aromatic rings. The summed E-state index contributed by atoms with van der Waals surface area (Å²) in [4.78, 5) is 0. The van der Waals surface area contributed by atoms with Crippen LogP contribution in [-0.2, 0) is 6.42 Å². The SMILES string of the molecule is CC(CCCc1ccsc1)CNC1CC1. The lowest BCUT2D eigenvalue weighted by Gasteiger charge is -2.11. The van der Waals surface area contributed by atoms with Crippen LogP contribution in [0.15, 0.2) is 16.8 Å². The molecular formula is C13H21NS. The van der Waals surface area contributed by atoms with Crippen molar-refractivity contribution >= 4 is 11.3 Å². The number of thiophene rings is 1. The van der Waals surface area contributed by atoms with E-state index in [-0.39, 0.29) is 0 Å². The van der Waals surface area contributed by atoms with Gasteiger partial charge in [0, 0.05) is 6.04 Å². The maximum atomic E-state index is 3.60. The van der Waals surface area contributed by atoms with E-state index in [1.807, 2.05) is 11.3 Å².